The average Bonchev–Trinajstić information content (AvgIpc) is 3.16. The summed E-state index contributed by atoms with van der Waals surface area (Å²) in [4.78, 5) is 25.5. The van der Waals surface area contributed by atoms with Crippen molar-refractivity contribution in [2.24, 2.45) is 13.0 Å². The molecule has 186 valence electrons. The van der Waals surface area contributed by atoms with Crippen LogP contribution in [0.2, 0.25) is 0 Å². The van der Waals surface area contributed by atoms with Gasteiger partial charge < -0.3 is 10.4 Å². The second-order valence-corrected chi connectivity index (χ2v) is 9.92. The van der Waals surface area contributed by atoms with Gasteiger partial charge in [0.2, 0.25) is 5.95 Å². The maximum Gasteiger partial charge on any atom is 0.337 e. The first-order valence-electron chi connectivity index (χ1n) is 10.8. The number of aromatic carboxylic acids is 1. The first-order chi connectivity index (χ1) is 16.5. The molecule has 35 heavy (non-hydrogen) atoms. The number of Topliss-reactive ketones (excluding diaryl/α,β-unsaturated/α-hetero) is 1. The number of carbonyl (C=O) groups excluding carboxylic acids is 1. The van der Waals surface area contributed by atoms with Gasteiger partial charge in [-0.25, -0.2) is 22.4 Å². The lowest BCUT2D eigenvalue weighted by atomic mass is 9.90. The number of halogens is 4. The molecule has 3 aromatic rings. The van der Waals surface area contributed by atoms with Crippen LogP contribution < -0.4 is 5.32 Å². The van der Waals surface area contributed by atoms with E-state index in [-0.39, 0.29) is 29.8 Å². The molecular weight excluding hydrogens is 492 g/mol. The van der Waals surface area contributed by atoms with Crippen LogP contribution in [0.25, 0.3) is 0 Å². The lowest BCUT2D eigenvalue weighted by molar-refractivity contribution is -0.121. The molecule has 3 heterocycles. The molecule has 0 unspecified atom stereocenters. The number of aryl methyl sites for hydroxylation is 2. The lowest BCUT2D eigenvalue weighted by Crippen LogP contribution is -2.20. The highest BCUT2D eigenvalue weighted by molar-refractivity contribution is 7.12. The highest BCUT2D eigenvalue weighted by Crippen LogP contribution is 2.50. The molecule has 3 aromatic heterocycles. The van der Waals surface area contributed by atoms with Gasteiger partial charge in [-0.3, -0.25) is 14.0 Å². The fourth-order valence-corrected chi connectivity index (χ4v) is 5.86. The van der Waals surface area contributed by atoms with E-state index < -0.39 is 42.1 Å². The van der Waals surface area contributed by atoms with E-state index in [1.54, 1.807) is 4.57 Å². The summed E-state index contributed by atoms with van der Waals surface area (Å²) < 4.78 is 55.5. The summed E-state index contributed by atoms with van der Waals surface area (Å²) in [5.41, 5.74) is 0.186. The molecule has 2 atom stereocenters. The number of aromatic nitrogens is 5. The second-order valence-electron chi connectivity index (χ2n) is 8.73. The summed E-state index contributed by atoms with van der Waals surface area (Å²) in [5.74, 6) is -5.61. The van der Waals surface area contributed by atoms with E-state index in [1.165, 1.54) is 35.5 Å². The van der Waals surface area contributed by atoms with E-state index in [1.807, 2.05) is 0 Å². The third-order valence-electron chi connectivity index (χ3n) is 6.40. The molecule has 0 amide bonds. The molecule has 0 spiro atoms. The Hall–Kier alpha value is -3.29. The third kappa shape index (κ3) is 4.30. The predicted octanol–water partition coefficient (Wildman–Crippen LogP) is 3.95. The van der Waals surface area contributed by atoms with Gasteiger partial charge in [0.05, 0.1) is 11.5 Å². The lowest BCUT2D eigenvalue weighted by Gasteiger charge is -2.25. The van der Waals surface area contributed by atoms with Crippen LogP contribution in [0.1, 0.15) is 56.7 Å². The number of carboxylic acids is 1. The van der Waals surface area contributed by atoms with E-state index >= 15 is 0 Å². The first kappa shape index (κ1) is 23.5. The molecule has 0 saturated heterocycles. The van der Waals surface area contributed by atoms with Crippen LogP contribution in [0.4, 0.5) is 29.3 Å². The van der Waals surface area contributed by atoms with Crippen LogP contribution in [-0.4, -0.2) is 47.3 Å². The van der Waals surface area contributed by atoms with E-state index in [0.29, 0.717) is 29.7 Å². The Morgan fingerprint density at radius 3 is 2.74 bits per heavy atom. The molecule has 5 rings (SSSR count). The fourth-order valence-electron chi connectivity index (χ4n) is 4.50. The van der Waals surface area contributed by atoms with Gasteiger partial charge in [-0.1, -0.05) is 0 Å². The zero-order valence-electron chi connectivity index (χ0n) is 18.3. The number of carbonyl (C=O) groups is 2. The Bertz CT molecular complexity index is 1320. The zero-order valence-corrected chi connectivity index (χ0v) is 19.2. The van der Waals surface area contributed by atoms with Crippen molar-refractivity contribution in [2.75, 3.05) is 5.32 Å². The van der Waals surface area contributed by atoms with Crippen LogP contribution in [0.3, 0.4) is 0 Å². The van der Waals surface area contributed by atoms with Gasteiger partial charge in [-0.05, 0) is 24.8 Å². The summed E-state index contributed by atoms with van der Waals surface area (Å²) >= 11 is 1.19. The number of nitrogens with zero attached hydrogens (tertiary/aromatic N) is 5. The molecular formula is C21H20F4N6O3S. The maximum atomic E-state index is 13.3. The number of rotatable bonds is 8. The number of fused-ring (bicyclic) bond motifs is 1. The van der Waals surface area contributed by atoms with Crippen LogP contribution >= 0.6 is 11.3 Å². The van der Waals surface area contributed by atoms with Gasteiger partial charge in [0, 0.05) is 41.8 Å². The number of hydrogen-bond acceptors (Lipinski definition) is 7. The number of anilines is 2. The summed E-state index contributed by atoms with van der Waals surface area (Å²) in [5, 5.41) is 24.5. The SMILES string of the molecule is Cn1nc(C(F)F)cc1Nc1nncn1[C@H]1CCc2sc(CC(=O)[C@H]3CC3(F)F)c(C(=O)O)c2C1. The molecule has 1 fully saturated rings. The number of ketones is 1. The highest BCUT2D eigenvalue weighted by Gasteiger charge is 2.60. The van der Waals surface area contributed by atoms with Gasteiger partial charge in [-0.15, -0.1) is 21.5 Å². The van der Waals surface area contributed by atoms with Crippen LogP contribution in [-0.2, 0) is 31.1 Å². The largest absolute Gasteiger partial charge is 0.478 e. The van der Waals surface area contributed by atoms with Crippen molar-refractivity contribution < 1.29 is 32.3 Å². The molecule has 2 aliphatic rings. The number of thiophene rings is 1. The Labute approximate surface area is 199 Å². The van der Waals surface area contributed by atoms with E-state index in [4.69, 9.17) is 0 Å². The summed E-state index contributed by atoms with van der Waals surface area (Å²) in [6.45, 7) is 0. The summed E-state index contributed by atoms with van der Waals surface area (Å²) in [6.07, 6.45) is -0.627. The van der Waals surface area contributed by atoms with E-state index in [0.717, 1.165) is 4.88 Å². The van der Waals surface area contributed by atoms with Crippen molar-refractivity contribution in [2.45, 2.75) is 50.5 Å². The standard InChI is InChI=1S/C21H20F4N6O3S/c1-30-16(5-12(29-30)18(22)23)27-20-28-26-8-31(20)9-2-3-14-10(4-9)17(19(33)34)15(35-14)6-13(32)11-7-21(11,24)25/h5,8-9,11,18H,2-4,6-7H2,1H3,(H,27,28)(H,33,34)/t9-,11+/m0/s1. The van der Waals surface area contributed by atoms with Crippen LogP contribution in [0.15, 0.2) is 12.4 Å². The second kappa shape index (κ2) is 8.43. The molecule has 14 heteroatoms. The first-order valence-corrected chi connectivity index (χ1v) is 11.6. The normalized spacial score (nSPS) is 20.6. The molecule has 1 saturated carbocycles. The predicted molar refractivity (Wildman–Crippen MR) is 116 cm³/mol. The number of alkyl halides is 4. The molecule has 9 nitrogen and oxygen atoms in total. The van der Waals surface area contributed by atoms with Gasteiger partial charge in [-0.2, -0.15) is 5.10 Å². The summed E-state index contributed by atoms with van der Waals surface area (Å²) in [7, 11) is 1.51. The Morgan fingerprint density at radius 1 is 1.37 bits per heavy atom. The number of carboxylic acid groups (broad SMARTS) is 1. The number of hydrogen-bond donors (Lipinski definition) is 2. The van der Waals surface area contributed by atoms with Gasteiger partial charge >= 0.3 is 5.97 Å². The maximum absolute atomic E-state index is 13.3. The van der Waals surface area contributed by atoms with Gasteiger partial charge in [0.15, 0.2) is 0 Å². The smallest absolute Gasteiger partial charge is 0.337 e. The highest BCUT2D eigenvalue weighted by atomic mass is 32.1. The molecule has 2 aliphatic carbocycles. The quantitative estimate of drug-likeness (QED) is 0.439. The Kier molecular flexibility index (Phi) is 5.65. The van der Waals surface area contributed by atoms with Crippen LogP contribution in [0, 0.1) is 5.92 Å². The third-order valence-corrected chi connectivity index (χ3v) is 7.69. The molecule has 0 bridgehead atoms. The average molecular weight is 512 g/mol. The number of nitrogens with one attached hydrogen (secondary N) is 1. The molecule has 0 radical (unpaired) electrons. The fraction of sp³-hybridized carbons (Fsp3) is 0.476. The van der Waals surface area contributed by atoms with E-state index in [2.05, 4.69) is 20.6 Å². The van der Waals surface area contributed by atoms with Crippen LogP contribution in [0.5, 0.6) is 0 Å². The Balaban J connectivity index is 1.38. The topological polar surface area (TPSA) is 115 Å². The Morgan fingerprint density at radius 2 is 2.11 bits per heavy atom. The minimum Gasteiger partial charge on any atom is -0.478 e. The molecule has 0 aliphatic heterocycles. The van der Waals surface area contributed by atoms with Gasteiger partial charge in [0.25, 0.3) is 12.3 Å². The van der Waals surface area contributed by atoms with Crippen molar-refractivity contribution in [1.29, 1.82) is 0 Å². The van der Waals surface area contributed by atoms with Crippen molar-refractivity contribution in [3.05, 3.63) is 39.0 Å². The van der Waals surface area contributed by atoms with E-state index in [9.17, 15) is 32.3 Å². The minimum atomic E-state index is -3.00. The van der Waals surface area contributed by atoms with Crippen molar-refractivity contribution in [3.8, 4) is 0 Å². The molecule has 2 N–H and O–H groups in total. The monoisotopic (exact) mass is 512 g/mol. The van der Waals surface area contributed by atoms with Crippen molar-refractivity contribution in [1.82, 2.24) is 24.5 Å². The zero-order chi connectivity index (χ0) is 25.1. The van der Waals surface area contributed by atoms with Gasteiger partial charge in [0.1, 0.15) is 23.6 Å². The van der Waals surface area contributed by atoms with Crippen molar-refractivity contribution >= 4 is 34.9 Å². The summed E-state index contributed by atoms with van der Waals surface area (Å²) in [6, 6.07) is 0.961. The minimum absolute atomic E-state index is 0.00260. The molecule has 0 aromatic carbocycles. The van der Waals surface area contributed by atoms with Crippen molar-refractivity contribution in [3.63, 3.8) is 0 Å².